The van der Waals surface area contributed by atoms with Gasteiger partial charge in [-0.2, -0.15) is 0 Å². The van der Waals surface area contributed by atoms with Gasteiger partial charge in [-0.05, 0) is 67.9 Å². The molecule has 154 valence electrons. The maximum absolute atomic E-state index is 6.24. The van der Waals surface area contributed by atoms with E-state index in [1.54, 1.807) is 6.08 Å². The molecule has 0 bridgehead atoms. The Morgan fingerprint density at radius 2 is 1.90 bits per heavy atom. The summed E-state index contributed by atoms with van der Waals surface area (Å²) in [5.41, 5.74) is 8.55. The molecule has 0 aliphatic heterocycles. The summed E-state index contributed by atoms with van der Waals surface area (Å²) in [4.78, 5) is 0. The highest BCUT2D eigenvalue weighted by atomic mass is 35.5. The zero-order valence-corrected chi connectivity index (χ0v) is 18.3. The minimum atomic E-state index is 0.675. The number of hydrogen-bond acceptors (Lipinski definition) is 3. The van der Waals surface area contributed by atoms with Crippen molar-refractivity contribution >= 4 is 17.3 Å². The Morgan fingerprint density at radius 1 is 1.17 bits per heavy atom. The normalized spacial score (nSPS) is 10.9. The van der Waals surface area contributed by atoms with Gasteiger partial charge in [0.15, 0.2) is 0 Å². The highest BCUT2D eigenvalue weighted by Crippen LogP contribution is 2.27. The monoisotopic (exact) mass is 410 g/mol. The first-order chi connectivity index (χ1) is 14.1. The van der Waals surface area contributed by atoms with Gasteiger partial charge in [0.2, 0.25) is 0 Å². The maximum Gasteiger partial charge on any atom is 0.130 e. The van der Waals surface area contributed by atoms with Crippen LogP contribution in [0.15, 0.2) is 91.4 Å². The van der Waals surface area contributed by atoms with Gasteiger partial charge in [-0.1, -0.05) is 62.0 Å². The lowest BCUT2D eigenvalue weighted by atomic mass is 10.1. The van der Waals surface area contributed by atoms with E-state index in [2.05, 4.69) is 37.2 Å². The van der Waals surface area contributed by atoms with Crippen molar-refractivity contribution in [3.8, 4) is 5.75 Å². The van der Waals surface area contributed by atoms with Crippen LogP contribution in [0.25, 0.3) is 0 Å². The van der Waals surface area contributed by atoms with Crippen molar-refractivity contribution in [2.24, 2.45) is 5.73 Å². The molecule has 29 heavy (non-hydrogen) atoms. The smallest absolute Gasteiger partial charge is 0.130 e. The largest absolute Gasteiger partial charge is 0.457 e. The molecule has 0 aromatic heterocycles. The minimum absolute atomic E-state index is 0.675. The van der Waals surface area contributed by atoms with Gasteiger partial charge in [0.1, 0.15) is 11.5 Å². The molecule has 0 saturated carbocycles. The molecule has 0 radical (unpaired) electrons. The van der Waals surface area contributed by atoms with Gasteiger partial charge < -0.3 is 15.8 Å². The summed E-state index contributed by atoms with van der Waals surface area (Å²) in [5.74, 6) is 1.63. The molecule has 0 aliphatic rings. The third-order valence-corrected chi connectivity index (χ3v) is 4.40. The van der Waals surface area contributed by atoms with E-state index in [1.807, 2.05) is 61.5 Å². The molecule has 2 aromatic rings. The van der Waals surface area contributed by atoms with Crippen LogP contribution < -0.4 is 15.8 Å². The van der Waals surface area contributed by atoms with E-state index in [0.717, 1.165) is 45.5 Å². The molecular weight excluding hydrogens is 380 g/mol. The molecule has 2 rings (SSSR count). The second kappa shape index (κ2) is 13.4. The van der Waals surface area contributed by atoms with E-state index in [9.17, 15) is 0 Å². The van der Waals surface area contributed by atoms with Crippen molar-refractivity contribution in [3.05, 3.63) is 108 Å². The first-order valence-electron chi connectivity index (χ1n) is 9.59. The molecule has 4 heteroatoms. The SMILES string of the molecule is C=C/C=C\C(=C/C)Oc1ccc(NC(=C)Cc2ccccc2Cl)cc1CC.CN. The van der Waals surface area contributed by atoms with Crippen LogP contribution in [-0.2, 0) is 12.8 Å². The van der Waals surface area contributed by atoms with Crippen LogP contribution in [0.1, 0.15) is 25.0 Å². The molecule has 0 spiro atoms. The Hall–Kier alpha value is -2.75. The van der Waals surface area contributed by atoms with Gasteiger partial charge in [-0.15, -0.1) is 0 Å². The number of benzene rings is 2. The molecule has 3 N–H and O–H groups in total. The topological polar surface area (TPSA) is 47.3 Å². The highest BCUT2D eigenvalue weighted by molar-refractivity contribution is 6.31. The quantitative estimate of drug-likeness (QED) is 0.358. The average Bonchev–Trinajstić information content (AvgIpc) is 2.75. The number of allylic oxidation sites excluding steroid dienone is 5. The number of nitrogens with one attached hydrogen (secondary N) is 1. The van der Waals surface area contributed by atoms with Crippen LogP contribution >= 0.6 is 11.6 Å². The summed E-state index contributed by atoms with van der Waals surface area (Å²) in [5, 5.41) is 4.13. The van der Waals surface area contributed by atoms with E-state index >= 15 is 0 Å². The zero-order valence-electron chi connectivity index (χ0n) is 17.5. The first kappa shape index (κ1) is 24.3. The van der Waals surface area contributed by atoms with Gasteiger partial charge in [0, 0.05) is 22.8 Å². The third kappa shape index (κ3) is 8.02. The fourth-order valence-electron chi connectivity index (χ4n) is 2.63. The molecule has 0 aliphatic carbocycles. The molecule has 0 unspecified atom stereocenters. The Morgan fingerprint density at radius 3 is 2.52 bits per heavy atom. The van der Waals surface area contributed by atoms with Crippen molar-refractivity contribution in [2.45, 2.75) is 26.7 Å². The van der Waals surface area contributed by atoms with Crippen molar-refractivity contribution in [1.29, 1.82) is 0 Å². The van der Waals surface area contributed by atoms with Crippen molar-refractivity contribution in [1.82, 2.24) is 0 Å². The predicted molar refractivity (Wildman–Crippen MR) is 128 cm³/mol. The zero-order chi connectivity index (χ0) is 21.6. The van der Waals surface area contributed by atoms with Gasteiger partial charge >= 0.3 is 0 Å². The summed E-state index contributed by atoms with van der Waals surface area (Å²) in [7, 11) is 1.50. The first-order valence-corrected chi connectivity index (χ1v) is 9.97. The van der Waals surface area contributed by atoms with E-state index in [0.29, 0.717) is 6.42 Å². The van der Waals surface area contributed by atoms with Crippen molar-refractivity contribution in [3.63, 3.8) is 0 Å². The van der Waals surface area contributed by atoms with E-state index in [-0.39, 0.29) is 0 Å². The lowest BCUT2D eigenvalue weighted by Crippen LogP contribution is -2.03. The number of nitrogens with two attached hydrogens (primary N) is 1. The number of aryl methyl sites for hydroxylation is 1. The number of hydrogen-bond donors (Lipinski definition) is 2. The molecule has 0 fully saturated rings. The van der Waals surface area contributed by atoms with Crippen LogP contribution in [-0.4, -0.2) is 7.05 Å². The molecule has 3 nitrogen and oxygen atoms in total. The highest BCUT2D eigenvalue weighted by Gasteiger charge is 2.07. The van der Waals surface area contributed by atoms with Gasteiger partial charge in [-0.25, -0.2) is 0 Å². The van der Waals surface area contributed by atoms with E-state index in [4.69, 9.17) is 16.3 Å². The van der Waals surface area contributed by atoms with Crippen molar-refractivity contribution < 1.29 is 4.74 Å². The molecule has 0 amide bonds. The molecule has 2 aromatic carbocycles. The number of anilines is 1. The van der Waals surface area contributed by atoms with E-state index < -0.39 is 0 Å². The maximum atomic E-state index is 6.24. The number of ether oxygens (including phenoxy) is 1. The number of halogens is 1. The van der Waals surface area contributed by atoms with Crippen LogP contribution in [0, 0.1) is 0 Å². The Balaban J connectivity index is 0.00000204. The molecule has 0 heterocycles. The summed E-state index contributed by atoms with van der Waals surface area (Å²) in [6, 6.07) is 13.9. The number of rotatable bonds is 9. The molecular formula is C25H31ClN2O. The second-order valence-corrected chi connectivity index (χ2v) is 6.47. The Bertz CT molecular complexity index is 869. The standard InChI is InChI=1S/C24H26ClNO.CH5N/c1-5-8-12-22(7-3)27-24-15-14-21(17-19(24)6-2)26-18(4)16-20-11-9-10-13-23(20)25;1-2/h5,7-15,17,26H,1,4,6,16H2,2-3H3;2H2,1H3/b12-8-,22-7+;. The van der Waals surface area contributed by atoms with Gasteiger partial charge in [0.25, 0.3) is 0 Å². The third-order valence-electron chi connectivity index (χ3n) is 4.03. The van der Waals surface area contributed by atoms with Gasteiger partial charge in [0.05, 0.1) is 0 Å². The lowest BCUT2D eigenvalue weighted by Gasteiger charge is -2.15. The molecule has 0 saturated heterocycles. The fourth-order valence-corrected chi connectivity index (χ4v) is 2.83. The summed E-state index contributed by atoms with van der Waals surface area (Å²) < 4.78 is 6.02. The predicted octanol–water partition coefficient (Wildman–Crippen LogP) is 6.67. The van der Waals surface area contributed by atoms with Crippen molar-refractivity contribution in [2.75, 3.05) is 12.4 Å². The van der Waals surface area contributed by atoms with Crippen LogP contribution in [0.2, 0.25) is 5.02 Å². The fraction of sp³-hybridized carbons (Fsp3) is 0.200. The summed E-state index contributed by atoms with van der Waals surface area (Å²) in [6.45, 7) is 11.9. The van der Waals surface area contributed by atoms with Gasteiger partial charge in [-0.3, -0.25) is 0 Å². The Labute approximate surface area is 180 Å². The Kier molecular flexibility index (Phi) is 11.2. The summed E-state index contributed by atoms with van der Waals surface area (Å²) in [6.07, 6.45) is 8.94. The average molecular weight is 411 g/mol. The van der Waals surface area contributed by atoms with Crippen LogP contribution in [0.5, 0.6) is 5.75 Å². The van der Waals surface area contributed by atoms with Crippen LogP contribution in [0.4, 0.5) is 5.69 Å². The van der Waals surface area contributed by atoms with Crippen LogP contribution in [0.3, 0.4) is 0 Å². The lowest BCUT2D eigenvalue weighted by molar-refractivity contribution is 0.438. The molecule has 0 atom stereocenters. The second-order valence-electron chi connectivity index (χ2n) is 6.06. The minimum Gasteiger partial charge on any atom is -0.457 e. The van der Waals surface area contributed by atoms with E-state index in [1.165, 1.54) is 7.05 Å². The summed E-state index contributed by atoms with van der Waals surface area (Å²) >= 11 is 6.24.